The zero-order chi connectivity index (χ0) is 17.8. The van der Waals surface area contributed by atoms with Crippen molar-refractivity contribution in [3.05, 3.63) is 24.3 Å². The number of para-hydroxylation sites is 2. The van der Waals surface area contributed by atoms with Crippen LogP contribution < -0.4 is 10.2 Å². The first-order valence-corrected chi connectivity index (χ1v) is 8.45. The van der Waals surface area contributed by atoms with Crippen LogP contribution in [0.15, 0.2) is 24.3 Å². The number of benzene rings is 1. The number of hydrogen-bond acceptors (Lipinski definition) is 4. The second-order valence-corrected chi connectivity index (χ2v) is 6.37. The number of nitrogens with one attached hydrogen (secondary N) is 1. The van der Waals surface area contributed by atoms with E-state index in [2.05, 4.69) is 5.32 Å². The van der Waals surface area contributed by atoms with E-state index in [1.165, 1.54) is 4.90 Å². The van der Waals surface area contributed by atoms with Gasteiger partial charge in [0.15, 0.2) is 0 Å². The Morgan fingerprint density at radius 1 is 1.12 bits per heavy atom. The van der Waals surface area contributed by atoms with Crippen LogP contribution in [-0.2, 0) is 9.59 Å². The van der Waals surface area contributed by atoms with E-state index in [4.69, 9.17) is 0 Å². The van der Waals surface area contributed by atoms with Crippen molar-refractivity contribution in [2.24, 2.45) is 0 Å². The second kappa shape index (κ2) is 7.88. The van der Waals surface area contributed by atoms with Gasteiger partial charge in [-0.2, -0.15) is 0 Å². The zero-order valence-electron chi connectivity index (χ0n) is 14.0. The van der Waals surface area contributed by atoms with E-state index in [0.29, 0.717) is 37.6 Å². The fraction of sp³-hybridized carbons (Fsp3) is 0.529. The third-order valence-corrected chi connectivity index (χ3v) is 4.51. The number of rotatable bonds is 4. The third-order valence-electron chi connectivity index (χ3n) is 4.51. The number of alkyl halides is 2. The van der Waals surface area contributed by atoms with Crippen LogP contribution in [0.3, 0.4) is 0 Å². The van der Waals surface area contributed by atoms with Gasteiger partial charge >= 0.3 is 0 Å². The summed E-state index contributed by atoms with van der Waals surface area (Å²) in [5.41, 5.74) is 1.33. The van der Waals surface area contributed by atoms with Gasteiger partial charge < -0.3 is 5.32 Å². The molecule has 1 N–H and O–H groups in total. The molecule has 2 heterocycles. The minimum atomic E-state index is -2.34. The molecule has 0 unspecified atom stereocenters. The predicted molar refractivity (Wildman–Crippen MR) is 90.9 cm³/mol. The molecule has 0 bridgehead atoms. The molecule has 0 radical (unpaired) electrons. The van der Waals surface area contributed by atoms with Crippen LogP contribution in [0.4, 0.5) is 20.2 Å². The van der Waals surface area contributed by atoms with Gasteiger partial charge in [0.05, 0.1) is 24.5 Å². The lowest BCUT2D eigenvalue weighted by Gasteiger charge is -2.31. The lowest BCUT2D eigenvalue weighted by molar-refractivity contribution is -0.122. The molecule has 2 amide bonds. The quantitative estimate of drug-likeness (QED) is 0.886. The molecule has 136 valence electrons. The van der Waals surface area contributed by atoms with Gasteiger partial charge in [0.1, 0.15) is 6.54 Å². The molecule has 2 aliphatic rings. The van der Waals surface area contributed by atoms with E-state index in [1.54, 1.807) is 23.1 Å². The molecule has 3 rings (SSSR count). The molecule has 0 spiro atoms. The first-order valence-electron chi connectivity index (χ1n) is 8.45. The van der Waals surface area contributed by atoms with Gasteiger partial charge in [-0.25, -0.2) is 8.78 Å². The van der Waals surface area contributed by atoms with Crippen LogP contribution in [-0.4, -0.2) is 73.9 Å². The summed E-state index contributed by atoms with van der Waals surface area (Å²) >= 11 is 0. The summed E-state index contributed by atoms with van der Waals surface area (Å²) in [6.45, 7) is 2.36. The van der Waals surface area contributed by atoms with Crippen molar-refractivity contribution in [1.29, 1.82) is 0 Å². The van der Waals surface area contributed by atoms with Crippen molar-refractivity contribution in [1.82, 2.24) is 9.80 Å². The standard InChI is InChI=1S/C17H22F2N4O2/c18-15(19)10-21-6-3-7-22(9-8-21)12-17(25)23-11-16(24)20-13-4-1-2-5-14(13)23/h1-2,4-5,15H,3,6-12H2,(H,20,24). The normalized spacial score (nSPS) is 19.5. The summed E-state index contributed by atoms with van der Waals surface area (Å²) in [7, 11) is 0. The average molecular weight is 352 g/mol. The number of carbonyl (C=O) groups is 2. The smallest absolute Gasteiger partial charge is 0.251 e. The minimum absolute atomic E-state index is 0.00118. The summed E-state index contributed by atoms with van der Waals surface area (Å²) in [6.07, 6.45) is -1.59. The fourth-order valence-corrected chi connectivity index (χ4v) is 3.29. The van der Waals surface area contributed by atoms with Crippen molar-refractivity contribution < 1.29 is 18.4 Å². The van der Waals surface area contributed by atoms with Crippen LogP contribution in [0.5, 0.6) is 0 Å². The lowest BCUT2D eigenvalue weighted by atomic mass is 10.2. The second-order valence-electron chi connectivity index (χ2n) is 6.37. The molecule has 0 aliphatic carbocycles. The largest absolute Gasteiger partial charge is 0.323 e. The van der Waals surface area contributed by atoms with E-state index >= 15 is 0 Å². The minimum Gasteiger partial charge on any atom is -0.323 e. The maximum Gasteiger partial charge on any atom is 0.251 e. The topological polar surface area (TPSA) is 55.9 Å². The Bertz CT molecular complexity index is 641. The number of anilines is 2. The van der Waals surface area contributed by atoms with Crippen molar-refractivity contribution in [3.8, 4) is 0 Å². The number of amides is 2. The Labute approximate surface area is 145 Å². The first-order chi connectivity index (χ1) is 12.0. The fourth-order valence-electron chi connectivity index (χ4n) is 3.29. The summed E-state index contributed by atoms with van der Waals surface area (Å²) in [5.74, 6) is -0.365. The van der Waals surface area contributed by atoms with Gasteiger partial charge in [0.25, 0.3) is 6.43 Å². The average Bonchev–Trinajstić information content (AvgIpc) is 2.78. The maximum atomic E-state index is 12.7. The highest BCUT2D eigenvalue weighted by atomic mass is 19.3. The molecular formula is C17H22F2N4O2. The molecule has 8 heteroatoms. The molecule has 25 heavy (non-hydrogen) atoms. The lowest BCUT2D eigenvalue weighted by Crippen LogP contribution is -2.47. The van der Waals surface area contributed by atoms with Crippen LogP contribution in [0, 0.1) is 0 Å². The van der Waals surface area contributed by atoms with E-state index in [9.17, 15) is 18.4 Å². The molecule has 6 nitrogen and oxygen atoms in total. The molecule has 1 saturated heterocycles. The van der Waals surface area contributed by atoms with Crippen molar-refractivity contribution >= 4 is 23.2 Å². The van der Waals surface area contributed by atoms with Gasteiger partial charge in [-0.05, 0) is 31.6 Å². The molecule has 2 aliphatic heterocycles. The van der Waals surface area contributed by atoms with Crippen LogP contribution in [0.25, 0.3) is 0 Å². The Kier molecular flexibility index (Phi) is 5.60. The van der Waals surface area contributed by atoms with E-state index in [1.807, 2.05) is 11.0 Å². The van der Waals surface area contributed by atoms with E-state index in [0.717, 1.165) is 6.42 Å². The summed E-state index contributed by atoms with van der Waals surface area (Å²) in [5, 5.41) is 2.76. The highest BCUT2D eigenvalue weighted by Gasteiger charge is 2.28. The van der Waals surface area contributed by atoms with Gasteiger partial charge in [0.2, 0.25) is 11.8 Å². The Morgan fingerprint density at radius 3 is 2.64 bits per heavy atom. The van der Waals surface area contributed by atoms with Crippen LogP contribution in [0.1, 0.15) is 6.42 Å². The first kappa shape index (κ1) is 17.8. The Hall–Kier alpha value is -2.06. The molecule has 1 aromatic rings. The Morgan fingerprint density at radius 2 is 1.84 bits per heavy atom. The molecule has 0 saturated carbocycles. The van der Waals surface area contributed by atoms with Gasteiger partial charge in [-0.15, -0.1) is 0 Å². The summed E-state index contributed by atoms with van der Waals surface area (Å²) in [4.78, 5) is 29.8. The summed E-state index contributed by atoms with van der Waals surface area (Å²) < 4.78 is 25.1. The Balaban J connectivity index is 1.62. The van der Waals surface area contributed by atoms with Gasteiger partial charge in [-0.3, -0.25) is 24.3 Å². The van der Waals surface area contributed by atoms with Crippen molar-refractivity contribution in [2.45, 2.75) is 12.8 Å². The zero-order valence-corrected chi connectivity index (χ0v) is 14.0. The van der Waals surface area contributed by atoms with Crippen LogP contribution >= 0.6 is 0 Å². The van der Waals surface area contributed by atoms with Crippen molar-refractivity contribution in [3.63, 3.8) is 0 Å². The molecule has 0 atom stereocenters. The number of fused-ring (bicyclic) bond motifs is 1. The number of halogens is 2. The third kappa shape index (κ3) is 4.52. The van der Waals surface area contributed by atoms with E-state index < -0.39 is 6.43 Å². The van der Waals surface area contributed by atoms with Gasteiger partial charge in [0, 0.05) is 13.1 Å². The van der Waals surface area contributed by atoms with Crippen LogP contribution in [0.2, 0.25) is 0 Å². The monoisotopic (exact) mass is 352 g/mol. The molecular weight excluding hydrogens is 330 g/mol. The van der Waals surface area contributed by atoms with Gasteiger partial charge in [-0.1, -0.05) is 12.1 Å². The molecule has 1 aromatic carbocycles. The highest BCUT2D eigenvalue weighted by Crippen LogP contribution is 2.28. The number of carbonyl (C=O) groups excluding carboxylic acids is 2. The van der Waals surface area contributed by atoms with Crippen molar-refractivity contribution in [2.75, 3.05) is 56.0 Å². The number of hydrogen-bond donors (Lipinski definition) is 1. The highest BCUT2D eigenvalue weighted by molar-refractivity contribution is 6.10. The SMILES string of the molecule is O=C1CN(C(=O)CN2CCCN(CC(F)F)CC2)c2ccccc2N1. The summed E-state index contributed by atoms with van der Waals surface area (Å²) in [6, 6.07) is 7.20. The number of nitrogens with zero attached hydrogens (tertiary/aromatic N) is 3. The predicted octanol–water partition coefficient (Wildman–Crippen LogP) is 1.24. The molecule has 0 aromatic heterocycles. The maximum absolute atomic E-state index is 12.7. The van der Waals surface area contributed by atoms with E-state index in [-0.39, 0.29) is 31.4 Å². The molecule has 1 fully saturated rings.